The monoisotopic (exact) mass is 455 g/mol. The Labute approximate surface area is 192 Å². The Kier molecular flexibility index (Phi) is 8.53. The van der Waals surface area contributed by atoms with Crippen LogP contribution in [0.15, 0.2) is 0 Å². The van der Waals surface area contributed by atoms with E-state index >= 15 is 0 Å². The molecule has 2 aliphatic heterocycles. The fraction of sp³-hybridized carbons (Fsp3) is 0.958. The molecule has 2 heterocycles. The van der Waals surface area contributed by atoms with E-state index in [1.807, 2.05) is 21.6 Å². The number of rotatable bonds is 7. The second-order valence-electron chi connectivity index (χ2n) is 11.1. The molecule has 1 amide bonds. The van der Waals surface area contributed by atoms with Crippen LogP contribution in [0.1, 0.15) is 98.8 Å². The zero-order chi connectivity index (χ0) is 21.9. The summed E-state index contributed by atoms with van der Waals surface area (Å²) in [5.41, 5.74) is -0.759. The highest BCUT2D eigenvalue weighted by molar-refractivity contribution is 8.77. The first-order valence-electron chi connectivity index (χ1n) is 12.2. The summed E-state index contributed by atoms with van der Waals surface area (Å²) in [5.74, 6) is 3.06. The normalized spacial score (nSPS) is 37.0. The van der Waals surface area contributed by atoms with Crippen LogP contribution in [0.25, 0.3) is 0 Å². The number of unbranched alkanes of at least 4 members (excludes halogenated alkanes) is 1. The molecule has 2 unspecified atom stereocenters. The number of nitrogens with zero attached hydrogens (tertiary/aromatic N) is 1. The summed E-state index contributed by atoms with van der Waals surface area (Å²) in [6.07, 6.45) is 10.2. The van der Waals surface area contributed by atoms with Crippen LogP contribution < -0.4 is 5.32 Å². The van der Waals surface area contributed by atoms with Crippen molar-refractivity contribution in [2.75, 3.05) is 5.75 Å². The second kappa shape index (κ2) is 10.4. The predicted octanol–water partition coefficient (Wildman–Crippen LogP) is 6.24. The SMILES string of the molecule is CC(C)[C@@H]1CC[C@@H](C)[C@@]2(CC(NC(=O)CCCCC3CCSS3)CC(C)(C)N2[O])C1. The Hall–Kier alpha value is 0.0900. The van der Waals surface area contributed by atoms with Crippen LogP contribution in [0.2, 0.25) is 0 Å². The highest BCUT2D eigenvalue weighted by atomic mass is 33.1. The molecule has 3 aliphatic rings. The van der Waals surface area contributed by atoms with Gasteiger partial charge in [0.1, 0.15) is 0 Å². The molecule has 1 spiro atoms. The average Bonchev–Trinajstić information content (AvgIpc) is 3.18. The number of hydrogen-bond donors (Lipinski definition) is 1. The second-order valence-corrected chi connectivity index (χ2v) is 13.9. The quantitative estimate of drug-likeness (QED) is 0.365. The standard InChI is InChI=1S/C24H43N2O2S2/c1-17(2)19-11-10-18(3)24(14-19)16-20(15-23(4,5)26(24)28)25-22(27)9-7-6-8-21-12-13-29-30-21/h17-21H,6-16H2,1-5H3,(H,25,27)/t18-,19-,20?,21?,24+/m1/s1. The summed E-state index contributed by atoms with van der Waals surface area (Å²) in [6, 6.07) is 0.118. The molecule has 0 aromatic rings. The van der Waals surface area contributed by atoms with Crippen LogP contribution in [0.3, 0.4) is 0 Å². The van der Waals surface area contributed by atoms with Gasteiger partial charge in [0.25, 0.3) is 0 Å². The molecule has 0 aromatic carbocycles. The fourth-order valence-electron chi connectivity index (χ4n) is 6.12. The van der Waals surface area contributed by atoms with Crippen LogP contribution in [0, 0.1) is 17.8 Å². The Morgan fingerprint density at radius 2 is 1.90 bits per heavy atom. The summed E-state index contributed by atoms with van der Waals surface area (Å²) in [7, 11) is 4.02. The molecule has 0 aromatic heterocycles. The van der Waals surface area contributed by atoms with Gasteiger partial charge in [-0.2, -0.15) is 0 Å². The third-order valence-electron chi connectivity index (χ3n) is 8.02. The van der Waals surface area contributed by atoms with Crippen molar-refractivity contribution in [3.05, 3.63) is 0 Å². The van der Waals surface area contributed by atoms with Gasteiger partial charge in [0, 0.05) is 29.0 Å². The van der Waals surface area contributed by atoms with Crippen molar-refractivity contribution in [1.82, 2.24) is 10.4 Å². The van der Waals surface area contributed by atoms with E-state index < -0.39 is 5.54 Å². The average molecular weight is 456 g/mol. The van der Waals surface area contributed by atoms with Crippen LogP contribution in [0.5, 0.6) is 0 Å². The lowest BCUT2D eigenvalue weighted by Crippen LogP contribution is -2.68. The number of hydroxylamine groups is 2. The van der Waals surface area contributed by atoms with Crippen LogP contribution in [-0.2, 0) is 10.0 Å². The van der Waals surface area contributed by atoms with Gasteiger partial charge in [-0.15, -0.1) is 10.3 Å². The van der Waals surface area contributed by atoms with Gasteiger partial charge in [-0.25, -0.2) is 0 Å². The van der Waals surface area contributed by atoms with E-state index in [1.165, 1.54) is 30.1 Å². The topological polar surface area (TPSA) is 52.2 Å². The van der Waals surface area contributed by atoms with Crippen molar-refractivity contribution >= 4 is 27.5 Å². The molecule has 30 heavy (non-hydrogen) atoms. The van der Waals surface area contributed by atoms with E-state index in [1.54, 1.807) is 0 Å². The van der Waals surface area contributed by atoms with Gasteiger partial charge in [-0.1, -0.05) is 48.8 Å². The summed E-state index contributed by atoms with van der Waals surface area (Å²) >= 11 is 0. The maximum atomic E-state index is 13.6. The van der Waals surface area contributed by atoms with Crippen molar-refractivity contribution in [2.24, 2.45) is 17.8 Å². The summed E-state index contributed by atoms with van der Waals surface area (Å²) in [6.45, 7) is 11.0. The lowest BCUT2D eigenvalue weighted by molar-refractivity contribution is -0.320. The van der Waals surface area contributed by atoms with Gasteiger partial charge in [-0.3, -0.25) is 4.79 Å². The number of amides is 1. The Morgan fingerprint density at radius 3 is 2.57 bits per heavy atom. The van der Waals surface area contributed by atoms with Crippen LogP contribution in [-0.4, -0.2) is 39.1 Å². The van der Waals surface area contributed by atoms with Crippen molar-refractivity contribution in [1.29, 1.82) is 0 Å². The van der Waals surface area contributed by atoms with E-state index in [0.29, 0.717) is 24.2 Å². The van der Waals surface area contributed by atoms with E-state index in [0.717, 1.165) is 43.8 Å². The minimum atomic E-state index is -0.430. The minimum absolute atomic E-state index is 0.118. The predicted molar refractivity (Wildman–Crippen MR) is 129 cm³/mol. The van der Waals surface area contributed by atoms with Gasteiger partial charge < -0.3 is 5.32 Å². The summed E-state index contributed by atoms with van der Waals surface area (Å²) in [4.78, 5) is 12.7. The van der Waals surface area contributed by atoms with E-state index in [9.17, 15) is 10.0 Å². The molecule has 173 valence electrons. The minimum Gasteiger partial charge on any atom is -0.353 e. The largest absolute Gasteiger partial charge is 0.353 e. The molecular formula is C24H43N2O2S2. The Bertz CT molecular complexity index is 580. The first-order valence-corrected chi connectivity index (χ1v) is 14.6. The molecule has 3 rings (SSSR count). The number of carbonyl (C=O) groups excluding carboxylic acids is 1. The van der Waals surface area contributed by atoms with Gasteiger partial charge >= 0.3 is 0 Å². The van der Waals surface area contributed by atoms with E-state index in [2.05, 4.69) is 39.9 Å². The van der Waals surface area contributed by atoms with Gasteiger partial charge in [0.05, 0.1) is 5.54 Å². The molecule has 1 radical (unpaired) electrons. The zero-order valence-corrected chi connectivity index (χ0v) is 21.4. The third-order valence-corrected chi connectivity index (χ3v) is 11.0. The molecule has 3 fully saturated rings. The van der Waals surface area contributed by atoms with Crippen molar-refractivity contribution in [3.8, 4) is 0 Å². The first kappa shape index (κ1) is 24.7. The van der Waals surface area contributed by atoms with Crippen molar-refractivity contribution in [2.45, 2.75) is 121 Å². The molecular weight excluding hydrogens is 412 g/mol. The molecule has 1 aliphatic carbocycles. The maximum absolute atomic E-state index is 13.6. The molecule has 1 saturated carbocycles. The molecule has 2 saturated heterocycles. The molecule has 5 atom stereocenters. The number of piperidine rings is 1. The van der Waals surface area contributed by atoms with Crippen LogP contribution >= 0.6 is 21.6 Å². The van der Waals surface area contributed by atoms with Gasteiger partial charge in [-0.05, 0) is 83.0 Å². The Morgan fingerprint density at radius 1 is 1.13 bits per heavy atom. The smallest absolute Gasteiger partial charge is 0.220 e. The van der Waals surface area contributed by atoms with Crippen LogP contribution in [0.4, 0.5) is 0 Å². The lowest BCUT2D eigenvalue weighted by Gasteiger charge is -2.58. The fourth-order valence-corrected chi connectivity index (χ4v) is 9.15. The maximum Gasteiger partial charge on any atom is 0.220 e. The molecule has 4 nitrogen and oxygen atoms in total. The number of carbonyl (C=O) groups is 1. The first-order chi connectivity index (χ1) is 14.1. The lowest BCUT2D eigenvalue weighted by atomic mass is 9.60. The molecule has 0 bridgehead atoms. The van der Waals surface area contributed by atoms with Gasteiger partial charge in [0.15, 0.2) is 0 Å². The molecule has 1 N–H and O–H groups in total. The van der Waals surface area contributed by atoms with Crippen molar-refractivity contribution in [3.63, 3.8) is 0 Å². The Balaban J connectivity index is 1.57. The zero-order valence-electron chi connectivity index (χ0n) is 19.7. The van der Waals surface area contributed by atoms with Crippen molar-refractivity contribution < 1.29 is 10.0 Å². The summed E-state index contributed by atoms with van der Waals surface area (Å²) < 4.78 is 0. The van der Waals surface area contributed by atoms with E-state index in [4.69, 9.17) is 0 Å². The third kappa shape index (κ3) is 5.71. The van der Waals surface area contributed by atoms with E-state index in [-0.39, 0.29) is 17.5 Å². The molecule has 6 heteroatoms. The summed E-state index contributed by atoms with van der Waals surface area (Å²) in [5, 5.41) is 19.2. The number of nitrogens with one attached hydrogen (secondary N) is 1. The highest BCUT2D eigenvalue weighted by Crippen LogP contribution is 2.51. The highest BCUT2D eigenvalue weighted by Gasteiger charge is 2.56. The van der Waals surface area contributed by atoms with Gasteiger partial charge in [0.2, 0.25) is 5.91 Å². The number of hydrogen-bond acceptors (Lipinski definition) is 4.